The van der Waals surface area contributed by atoms with Crippen molar-refractivity contribution in [3.05, 3.63) is 53.1 Å². The lowest BCUT2D eigenvalue weighted by Gasteiger charge is -2.12. The molecule has 1 amide bonds. The molecule has 0 radical (unpaired) electrons. The highest BCUT2D eigenvalue weighted by molar-refractivity contribution is 5.97. The number of esters is 1. The topological polar surface area (TPSA) is 73.9 Å². The highest BCUT2D eigenvalue weighted by Crippen LogP contribution is 2.25. The van der Waals surface area contributed by atoms with E-state index in [-0.39, 0.29) is 12.2 Å². The van der Waals surface area contributed by atoms with E-state index in [0.29, 0.717) is 17.2 Å². The maximum Gasteiger partial charge on any atom is 0.342 e. The van der Waals surface area contributed by atoms with Gasteiger partial charge in [-0.05, 0) is 43.2 Å². The van der Waals surface area contributed by atoms with Gasteiger partial charge in [0.25, 0.3) is 5.91 Å². The van der Waals surface area contributed by atoms with Gasteiger partial charge in [-0.15, -0.1) is 0 Å². The average Bonchev–Trinajstić information content (AvgIpc) is 2.62. The number of anilines is 1. The molecule has 0 aliphatic carbocycles. The molecule has 0 fully saturated rings. The number of amides is 1. The molecule has 1 N–H and O–H groups in total. The molecule has 0 saturated heterocycles. The molecule has 2 aromatic rings. The fourth-order valence-electron chi connectivity index (χ4n) is 2.25. The average molecular weight is 343 g/mol. The number of carbonyl (C=O) groups is 2. The second-order valence-corrected chi connectivity index (χ2v) is 5.44. The number of rotatable bonds is 6. The van der Waals surface area contributed by atoms with E-state index in [2.05, 4.69) is 5.32 Å². The number of aryl methyl sites for hydroxylation is 1. The Labute approximate surface area is 146 Å². The van der Waals surface area contributed by atoms with Gasteiger partial charge in [0.2, 0.25) is 0 Å². The Bertz CT molecular complexity index is 785. The van der Waals surface area contributed by atoms with Gasteiger partial charge in [-0.3, -0.25) is 4.79 Å². The van der Waals surface area contributed by atoms with Crippen LogP contribution in [0.15, 0.2) is 36.4 Å². The zero-order chi connectivity index (χ0) is 18.4. The quantitative estimate of drug-likeness (QED) is 0.816. The Morgan fingerprint density at radius 1 is 1.04 bits per heavy atom. The molecular weight excluding hydrogens is 322 g/mol. The molecule has 2 rings (SSSR count). The van der Waals surface area contributed by atoms with E-state index >= 15 is 0 Å². The first-order valence-electron chi connectivity index (χ1n) is 7.71. The van der Waals surface area contributed by atoms with Crippen molar-refractivity contribution in [1.29, 1.82) is 0 Å². The zero-order valence-electron chi connectivity index (χ0n) is 14.7. The third-order valence-corrected chi connectivity index (χ3v) is 3.84. The van der Waals surface area contributed by atoms with Crippen LogP contribution in [0, 0.1) is 13.8 Å². The third kappa shape index (κ3) is 4.50. The predicted molar refractivity (Wildman–Crippen MR) is 94.4 cm³/mol. The van der Waals surface area contributed by atoms with Gasteiger partial charge in [-0.2, -0.15) is 0 Å². The highest BCUT2D eigenvalue weighted by atomic mass is 16.5. The van der Waals surface area contributed by atoms with Gasteiger partial charge in [0.15, 0.2) is 6.61 Å². The molecule has 0 bridgehead atoms. The number of hydrogen-bond donors (Lipinski definition) is 1. The van der Waals surface area contributed by atoms with Gasteiger partial charge < -0.3 is 19.5 Å². The standard InChI is InChI=1S/C19H21NO5/c1-12-6-5-7-16(13(12)2)20-18(21)11-25-19(22)15-9-8-14(23-3)10-17(15)24-4/h5-10H,11H2,1-4H3,(H,20,21). The van der Waals surface area contributed by atoms with Gasteiger partial charge in [-0.25, -0.2) is 4.79 Å². The lowest BCUT2D eigenvalue weighted by atomic mass is 10.1. The highest BCUT2D eigenvalue weighted by Gasteiger charge is 2.16. The number of ether oxygens (including phenoxy) is 3. The van der Waals surface area contributed by atoms with E-state index in [0.717, 1.165) is 11.1 Å². The van der Waals surface area contributed by atoms with Crippen molar-refractivity contribution in [2.75, 3.05) is 26.1 Å². The normalized spacial score (nSPS) is 10.1. The molecule has 0 aliphatic rings. The van der Waals surface area contributed by atoms with E-state index in [1.807, 2.05) is 26.0 Å². The molecule has 0 aliphatic heterocycles. The van der Waals surface area contributed by atoms with Crippen LogP contribution in [-0.4, -0.2) is 32.7 Å². The van der Waals surface area contributed by atoms with Crippen LogP contribution < -0.4 is 14.8 Å². The molecule has 2 aromatic carbocycles. The van der Waals surface area contributed by atoms with E-state index in [9.17, 15) is 9.59 Å². The Kier molecular flexibility index (Phi) is 6.00. The number of benzene rings is 2. The summed E-state index contributed by atoms with van der Waals surface area (Å²) in [6.07, 6.45) is 0. The molecular formula is C19H21NO5. The monoisotopic (exact) mass is 343 g/mol. The molecule has 25 heavy (non-hydrogen) atoms. The number of nitrogens with one attached hydrogen (secondary N) is 1. The third-order valence-electron chi connectivity index (χ3n) is 3.84. The first kappa shape index (κ1) is 18.3. The van der Waals surface area contributed by atoms with Crippen LogP contribution in [0.2, 0.25) is 0 Å². The maximum absolute atomic E-state index is 12.2. The van der Waals surface area contributed by atoms with Crippen molar-refractivity contribution in [2.24, 2.45) is 0 Å². The molecule has 132 valence electrons. The van der Waals surface area contributed by atoms with Gasteiger partial charge >= 0.3 is 5.97 Å². The van der Waals surface area contributed by atoms with Crippen LogP contribution in [0.4, 0.5) is 5.69 Å². The van der Waals surface area contributed by atoms with Crippen LogP contribution in [-0.2, 0) is 9.53 Å². The summed E-state index contributed by atoms with van der Waals surface area (Å²) < 4.78 is 15.3. The van der Waals surface area contributed by atoms with Crippen molar-refractivity contribution >= 4 is 17.6 Å². The van der Waals surface area contributed by atoms with Gasteiger partial charge in [0.1, 0.15) is 17.1 Å². The fraction of sp³-hybridized carbons (Fsp3) is 0.263. The molecule has 0 spiro atoms. The predicted octanol–water partition coefficient (Wildman–Crippen LogP) is 3.12. The fourth-order valence-corrected chi connectivity index (χ4v) is 2.25. The summed E-state index contributed by atoms with van der Waals surface area (Å²) in [6, 6.07) is 10.3. The summed E-state index contributed by atoms with van der Waals surface area (Å²) in [5, 5.41) is 2.74. The van der Waals surface area contributed by atoms with Crippen molar-refractivity contribution in [3.63, 3.8) is 0 Å². The second kappa shape index (κ2) is 8.19. The molecule has 0 saturated carbocycles. The molecule has 6 nitrogen and oxygen atoms in total. The molecule has 6 heteroatoms. The molecule has 0 heterocycles. The summed E-state index contributed by atoms with van der Waals surface area (Å²) in [7, 11) is 2.96. The van der Waals surface area contributed by atoms with Crippen LogP contribution in [0.5, 0.6) is 11.5 Å². The summed E-state index contributed by atoms with van der Waals surface area (Å²) in [5.74, 6) is -0.175. The van der Waals surface area contributed by atoms with Gasteiger partial charge in [0.05, 0.1) is 14.2 Å². The van der Waals surface area contributed by atoms with Gasteiger partial charge in [0, 0.05) is 11.8 Å². The number of hydrogen-bond acceptors (Lipinski definition) is 5. The smallest absolute Gasteiger partial charge is 0.342 e. The number of carbonyl (C=O) groups excluding carboxylic acids is 2. The molecule has 0 atom stereocenters. The maximum atomic E-state index is 12.2. The zero-order valence-corrected chi connectivity index (χ0v) is 14.7. The summed E-state index contributed by atoms with van der Waals surface area (Å²) in [5.41, 5.74) is 2.96. The van der Waals surface area contributed by atoms with E-state index < -0.39 is 11.9 Å². The Morgan fingerprint density at radius 2 is 1.80 bits per heavy atom. The Balaban J connectivity index is 2.00. The van der Waals surface area contributed by atoms with E-state index in [4.69, 9.17) is 14.2 Å². The van der Waals surface area contributed by atoms with Crippen LogP contribution in [0.25, 0.3) is 0 Å². The minimum Gasteiger partial charge on any atom is -0.497 e. The first-order chi connectivity index (χ1) is 12.0. The Morgan fingerprint density at radius 3 is 2.48 bits per heavy atom. The van der Waals surface area contributed by atoms with Crippen LogP contribution >= 0.6 is 0 Å². The van der Waals surface area contributed by atoms with Crippen molar-refractivity contribution < 1.29 is 23.8 Å². The molecule has 0 aromatic heterocycles. The summed E-state index contributed by atoms with van der Waals surface area (Å²) >= 11 is 0. The van der Waals surface area contributed by atoms with Crippen LogP contribution in [0.3, 0.4) is 0 Å². The second-order valence-electron chi connectivity index (χ2n) is 5.44. The van der Waals surface area contributed by atoms with Crippen molar-refractivity contribution in [3.8, 4) is 11.5 Å². The van der Waals surface area contributed by atoms with E-state index in [1.54, 1.807) is 18.2 Å². The first-order valence-corrected chi connectivity index (χ1v) is 7.71. The lowest BCUT2D eigenvalue weighted by Crippen LogP contribution is -2.21. The Hall–Kier alpha value is -3.02. The van der Waals surface area contributed by atoms with E-state index in [1.165, 1.54) is 20.3 Å². The largest absolute Gasteiger partial charge is 0.497 e. The van der Waals surface area contributed by atoms with Crippen molar-refractivity contribution in [2.45, 2.75) is 13.8 Å². The van der Waals surface area contributed by atoms with Crippen molar-refractivity contribution in [1.82, 2.24) is 0 Å². The minimum atomic E-state index is -0.643. The number of methoxy groups -OCH3 is 2. The van der Waals surface area contributed by atoms with Gasteiger partial charge in [-0.1, -0.05) is 12.1 Å². The SMILES string of the molecule is COc1ccc(C(=O)OCC(=O)Nc2cccc(C)c2C)c(OC)c1. The minimum absolute atomic E-state index is 0.225. The summed E-state index contributed by atoms with van der Waals surface area (Å²) in [4.78, 5) is 24.2. The summed E-state index contributed by atoms with van der Waals surface area (Å²) in [6.45, 7) is 3.49. The van der Waals surface area contributed by atoms with Crippen LogP contribution in [0.1, 0.15) is 21.5 Å². The molecule has 0 unspecified atom stereocenters. The lowest BCUT2D eigenvalue weighted by molar-refractivity contribution is -0.119.